The van der Waals surface area contributed by atoms with Gasteiger partial charge in [-0.2, -0.15) is 0 Å². The maximum Gasteiger partial charge on any atom is 0.271 e. The first-order valence-electron chi connectivity index (χ1n) is 6.53. The Labute approximate surface area is 126 Å². The standard InChI is InChI=1S/C13H18N4O5/c1-7(2)12(14)13(20)15-6-11(19)16-9-5-8(17(21)22)3-4-10(9)18/h3-5,7,12,18H,6,14H2,1-2H3,(H,15,20)(H,16,19)/t12-/m0/s1. The molecular weight excluding hydrogens is 292 g/mol. The molecule has 9 heteroatoms. The minimum atomic E-state index is -0.737. The molecule has 0 fully saturated rings. The highest BCUT2D eigenvalue weighted by molar-refractivity contribution is 5.96. The van der Waals surface area contributed by atoms with Gasteiger partial charge in [-0.15, -0.1) is 0 Å². The zero-order chi connectivity index (χ0) is 16.9. The number of amides is 2. The Morgan fingerprint density at radius 2 is 2.05 bits per heavy atom. The van der Waals surface area contributed by atoms with Gasteiger partial charge >= 0.3 is 0 Å². The third kappa shape index (κ3) is 4.70. The Morgan fingerprint density at radius 3 is 2.59 bits per heavy atom. The Bertz CT molecular complexity index is 588. The largest absolute Gasteiger partial charge is 0.506 e. The van der Waals surface area contributed by atoms with Crippen molar-refractivity contribution in [3.63, 3.8) is 0 Å². The van der Waals surface area contributed by atoms with E-state index in [-0.39, 0.29) is 29.6 Å². The molecule has 22 heavy (non-hydrogen) atoms. The predicted octanol–water partition coefficient (Wildman–Crippen LogP) is 0.338. The van der Waals surface area contributed by atoms with Gasteiger partial charge in [0.1, 0.15) is 5.75 Å². The Kier molecular flexibility index (Phi) is 5.81. The highest BCUT2D eigenvalue weighted by atomic mass is 16.6. The summed E-state index contributed by atoms with van der Waals surface area (Å²) in [5.74, 6) is -1.51. The first-order chi connectivity index (χ1) is 10.2. The summed E-state index contributed by atoms with van der Waals surface area (Å²) < 4.78 is 0. The SMILES string of the molecule is CC(C)[C@H](N)C(=O)NCC(=O)Nc1cc([N+](=O)[O-])ccc1O. The fraction of sp³-hybridized carbons (Fsp3) is 0.385. The van der Waals surface area contributed by atoms with Gasteiger partial charge in [0.2, 0.25) is 11.8 Å². The number of rotatable bonds is 6. The summed E-state index contributed by atoms with van der Waals surface area (Å²) in [6.07, 6.45) is 0. The van der Waals surface area contributed by atoms with Gasteiger partial charge in [0.25, 0.3) is 5.69 Å². The number of nitrogens with one attached hydrogen (secondary N) is 2. The van der Waals surface area contributed by atoms with Crippen molar-refractivity contribution < 1.29 is 19.6 Å². The Morgan fingerprint density at radius 1 is 1.41 bits per heavy atom. The normalized spacial score (nSPS) is 11.8. The molecule has 0 saturated heterocycles. The quantitative estimate of drug-likeness (QED) is 0.338. The molecule has 0 saturated carbocycles. The molecule has 0 radical (unpaired) electrons. The lowest BCUT2D eigenvalue weighted by molar-refractivity contribution is -0.384. The van der Waals surface area contributed by atoms with E-state index in [0.717, 1.165) is 18.2 Å². The van der Waals surface area contributed by atoms with Crippen molar-refractivity contribution in [3.05, 3.63) is 28.3 Å². The van der Waals surface area contributed by atoms with Crippen molar-refractivity contribution in [1.29, 1.82) is 0 Å². The molecule has 120 valence electrons. The number of benzene rings is 1. The molecule has 0 heterocycles. The molecule has 9 nitrogen and oxygen atoms in total. The van der Waals surface area contributed by atoms with Crippen molar-refractivity contribution >= 4 is 23.2 Å². The zero-order valence-corrected chi connectivity index (χ0v) is 12.2. The summed E-state index contributed by atoms with van der Waals surface area (Å²) in [6, 6.07) is 2.49. The summed E-state index contributed by atoms with van der Waals surface area (Å²) in [7, 11) is 0. The van der Waals surface area contributed by atoms with Crippen LogP contribution >= 0.6 is 0 Å². The molecule has 1 aromatic carbocycles. The molecule has 2 amide bonds. The number of phenols is 1. The third-order valence-electron chi connectivity index (χ3n) is 2.91. The van der Waals surface area contributed by atoms with E-state index in [1.807, 2.05) is 0 Å². The number of phenolic OH excluding ortho intramolecular Hbond substituents is 1. The number of carbonyl (C=O) groups excluding carboxylic acids is 2. The molecule has 0 aliphatic heterocycles. The minimum absolute atomic E-state index is 0.0797. The van der Waals surface area contributed by atoms with Gasteiger partial charge in [0, 0.05) is 12.1 Å². The van der Waals surface area contributed by atoms with E-state index >= 15 is 0 Å². The number of non-ortho nitro benzene ring substituents is 1. The molecule has 0 aliphatic carbocycles. The molecule has 0 aliphatic rings. The van der Waals surface area contributed by atoms with Gasteiger partial charge in [-0.25, -0.2) is 0 Å². The summed E-state index contributed by atoms with van der Waals surface area (Å²) in [5.41, 5.74) is 5.23. The second-order valence-electron chi connectivity index (χ2n) is 4.99. The van der Waals surface area contributed by atoms with Gasteiger partial charge < -0.3 is 21.5 Å². The van der Waals surface area contributed by atoms with Crippen LogP contribution < -0.4 is 16.4 Å². The lowest BCUT2D eigenvalue weighted by Gasteiger charge is -2.15. The molecule has 0 bridgehead atoms. The second kappa shape index (κ2) is 7.36. The van der Waals surface area contributed by atoms with Crippen molar-refractivity contribution in [1.82, 2.24) is 5.32 Å². The molecule has 1 aromatic rings. The number of nitro benzene ring substituents is 1. The fourth-order valence-electron chi connectivity index (χ4n) is 1.52. The van der Waals surface area contributed by atoms with Crippen molar-refractivity contribution in [2.24, 2.45) is 11.7 Å². The van der Waals surface area contributed by atoms with Crippen LogP contribution in [0.5, 0.6) is 5.75 Å². The maximum absolute atomic E-state index is 11.7. The van der Waals surface area contributed by atoms with E-state index in [1.54, 1.807) is 13.8 Å². The fourth-order valence-corrected chi connectivity index (χ4v) is 1.52. The maximum atomic E-state index is 11.7. The molecule has 0 spiro atoms. The van der Waals surface area contributed by atoms with Crippen LogP contribution in [0.1, 0.15) is 13.8 Å². The molecule has 0 unspecified atom stereocenters. The topological polar surface area (TPSA) is 148 Å². The first kappa shape index (κ1) is 17.4. The zero-order valence-electron chi connectivity index (χ0n) is 12.2. The average Bonchev–Trinajstić information content (AvgIpc) is 2.45. The van der Waals surface area contributed by atoms with Gasteiger partial charge in [0.15, 0.2) is 0 Å². The molecule has 0 aromatic heterocycles. The Balaban J connectivity index is 2.64. The van der Waals surface area contributed by atoms with Gasteiger partial charge in [-0.1, -0.05) is 13.8 Å². The van der Waals surface area contributed by atoms with Crippen LogP contribution in [0.3, 0.4) is 0 Å². The van der Waals surface area contributed by atoms with Crippen LogP contribution in [0.2, 0.25) is 0 Å². The number of nitro groups is 1. The summed E-state index contributed by atoms with van der Waals surface area (Å²) in [4.78, 5) is 33.3. The third-order valence-corrected chi connectivity index (χ3v) is 2.91. The van der Waals surface area contributed by atoms with E-state index in [0.29, 0.717) is 0 Å². The highest BCUT2D eigenvalue weighted by Crippen LogP contribution is 2.27. The predicted molar refractivity (Wildman–Crippen MR) is 79.2 cm³/mol. The highest BCUT2D eigenvalue weighted by Gasteiger charge is 2.18. The van der Waals surface area contributed by atoms with Crippen LogP contribution in [-0.2, 0) is 9.59 Å². The first-order valence-corrected chi connectivity index (χ1v) is 6.53. The van der Waals surface area contributed by atoms with E-state index in [1.165, 1.54) is 0 Å². The second-order valence-corrected chi connectivity index (χ2v) is 4.99. The summed E-state index contributed by atoms with van der Waals surface area (Å²) >= 11 is 0. The number of aromatic hydroxyl groups is 1. The van der Waals surface area contributed by atoms with E-state index in [2.05, 4.69) is 10.6 Å². The van der Waals surface area contributed by atoms with Crippen LogP contribution in [0.25, 0.3) is 0 Å². The number of hydrogen-bond acceptors (Lipinski definition) is 6. The number of anilines is 1. The Hall–Kier alpha value is -2.68. The van der Waals surface area contributed by atoms with Gasteiger partial charge in [0.05, 0.1) is 23.2 Å². The van der Waals surface area contributed by atoms with Crippen molar-refractivity contribution in [2.45, 2.75) is 19.9 Å². The summed E-state index contributed by atoms with van der Waals surface area (Å²) in [6.45, 7) is 3.18. The van der Waals surface area contributed by atoms with Crippen LogP contribution in [-0.4, -0.2) is 34.4 Å². The monoisotopic (exact) mass is 310 g/mol. The van der Waals surface area contributed by atoms with E-state index in [9.17, 15) is 24.8 Å². The van der Waals surface area contributed by atoms with Crippen LogP contribution in [0.4, 0.5) is 11.4 Å². The summed E-state index contributed by atoms with van der Waals surface area (Å²) in [5, 5.41) is 24.8. The number of nitrogens with zero attached hydrogens (tertiary/aromatic N) is 1. The molecule has 1 rings (SSSR count). The molecule has 5 N–H and O–H groups in total. The number of nitrogens with two attached hydrogens (primary N) is 1. The minimum Gasteiger partial charge on any atom is -0.506 e. The van der Waals surface area contributed by atoms with Crippen LogP contribution in [0, 0.1) is 16.0 Å². The number of carbonyl (C=O) groups is 2. The number of hydrogen-bond donors (Lipinski definition) is 4. The van der Waals surface area contributed by atoms with Gasteiger partial charge in [-0.05, 0) is 12.0 Å². The average molecular weight is 310 g/mol. The van der Waals surface area contributed by atoms with Crippen molar-refractivity contribution in [2.75, 3.05) is 11.9 Å². The van der Waals surface area contributed by atoms with E-state index in [4.69, 9.17) is 5.73 Å². The molecule has 1 atom stereocenters. The lowest BCUT2D eigenvalue weighted by Crippen LogP contribution is -2.46. The van der Waals surface area contributed by atoms with Crippen LogP contribution in [0.15, 0.2) is 18.2 Å². The van der Waals surface area contributed by atoms with Crippen molar-refractivity contribution in [3.8, 4) is 5.75 Å². The smallest absolute Gasteiger partial charge is 0.271 e. The van der Waals surface area contributed by atoms with Gasteiger partial charge in [-0.3, -0.25) is 19.7 Å². The molecular formula is C13H18N4O5. The van der Waals surface area contributed by atoms with E-state index < -0.39 is 22.8 Å². The lowest BCUT2D eigenvalue weighted by atomic mass is 10.1.